The van der Waals surface area contributed by atoms with E-state index in [0.29, 0.717) is 18.1 Å². The number of sulfonamides is 1. The van der Waals surface area contributed by atoms with Crippen LogP contribution in [-0.2, 0) is 14.8 Å². The van der Waals surface area contributed by atoms with Crippen LogP contribution in [0.3, 0.4) is 0 Å². The maximum absolute atomic E-state index is 13.2. The summed E-state index contributed by atoms with van der Waals surface area (Å²) in [4.78, 5) is 14.8. The average Bonchev–Trinajstić information content (AvgIpc) is 3.40. The van der Waals surface area contributed by atoms with E-state index in [-0.39, 0.29) is 10.8 Å². The molecule has 0 spiro atoms. The zero-order valence-corrected chi connectivity index (χ0v) is 17.2. The van der Waals surface area contributed by atoms with E-state index < -0.39 is 22.1 Å². The first-order valence-electron chi connectivity index (χ1n) is 8.95. The van der Waals surface area contributed by atoms with E-state index in [1.54, 1.807) is 53.4 Å². The Hall–Kier alpha value is -1.89. The van der Waals surface area contributed by atoms with Crippen molar-refractivity contribution in [3.8, 4) is 0 Å². The second-order valence-electron chi connectivity index (χ2n) is 6.60. The van der Waals surface area contributed by atoms with Gasteiger partial charge in [0.05, 0.1) is 10.9 Å². The van der Waals surface area contributed by atoms with Gasteiger partial charge in [0, 0.05) is 18.1 Å². The molecule has 2 aromatic rings. The van der Waals surface area contributed by atoms with E-state index >= 15 is 0 Å². The van der Waals surface area contributed by atoms with Gasteiger partial charge in [0.25, 0.3) is 0 Å². The van der Waals surface area contributed by atoms with Gasteiger partial charge in [0.15, 0.2) is 0 Å². The van der Waals surface area contributed by atoms with Gasteiger partial charge in [-0.25, -0.2) is 8.42 Å². The molecule has 1 amide bonds. The lowest BCUT2D eigenvalue weighted by Gasteiger charge is -2.18. The Labute approximate surface area is 165 Å². The molecule has 5 nitrogen and oxygen atoms in total. The number of carbonyl (C=O) groups excluding carboxylic acids is 1. The van der Waals surface area contributed by atoms with E-state index in [0.717, 1.165) is 11.1 Å². The highest BCUT2D eigenvalue weighted by molar-refractivity contribution is 7.89. The second kappa shape index (κ2) is 7.62. The van der Waals surface area contributed by atoms with Crippen LogP contribution in [0, 0.1) is 6.92 Å². The third-order valence-corrected chi connectivity index (χ3v) is 7.02. The van der Waals surface area contributed by atoms with E-state index in [4.69, 9.17) is 11.6 Å². The van der Waals surface area contributed by atoms with Gasteiger partial charge in [0.1, 0.15) is 6.04 Å². The van der Waals surface area contributed by atoms with Crippen LogP contribution in [0.15, 0.2) is 53.4 Å². The number of halogens is 1. The standard InChI is InChI=1S/C20H23ClN2O3S/c1-4-22(5-2)20(24)19-18(15-8-10-16(21)11-9-15)23(19)27(25,26)17-12-6-14(3)7-13-17/h6-13,18-19H,4-5H2,1-3H3. The van der Waals surface area contributed by atoms with Crippen LogP contribution in [0.4, 0.5) is 0 Å². The molecule has 1 aliphatic heterocycles. The highest BCUT2D eigenvalue weighted by Gasteiger charge is 2.61. The Morgan fingerprint density at radius 3 is 2.11 bits per heavy atom. The minimum atomic E-state index is -3.78. The average molecular weight is 407 g/mol. The molecule has 144 valence electrons. The van der Waals surface area contributed by atoms with Crippen molar-refractivity contribution in [2.75, 3.05) is 13.1 Å². The highest BCUT2D eigenvalue weighted by Crippen LogP contribution is 2.48. The fourth-order valence-corrected chi connectivity index (χ4v) is 5.13. The lowest BCUT2D eigenvalue weighted by molar-refractivity contribution is -0.130. The Morgan fingerprint density at radius 2 is 1.59 bits per heavy atom. The van der Waals surface area contributed by atoms with Crippen molar-refractivity contribution in [2.45, 2.75) is 37.8 Å². The number of hydrogen-bond acceptors (Lipinski definition) is 3. The molecule has 1 heterocycles. The maximum atomic E-state index is 13.2. The fraction of sp³-hybridized carbons (Fsp3) is 0.350. The number of carbonyl (C=O) groups is 1. The van der Waals surface area contributed by atoms with Gasteiger partial charge in [0.2, 0.25) is 15.9 Å². The number of likely N-dealkylation sites (N-methyl/N-ethyl adjacent to an activating group) is 1. The Morgan fingerprint density at radius 1 is 1.04 bits per heavy atom. The lowest BCUT2D eigenvalue weighted by atomic mass is 10.1. The SMILES string of the molecule is CCN(CC)C(=O)C1C(c2ccc(Cl)cc2)N1S(=O)(=O)c1ccc(C)cc1. The Kier molecular flexibility index (Phi) is 5.60. The molecule has 0 aliphatic carbocycles. The summed E-state index contributed by atoms with van der Waals surface area (Å²) in [6.45, 7) is 6.76. The summed E-state index contributed by atoms with van der Waals surface area (Å²) in [7, 11) is -3.78. The molecule has 0 saturated carbocycles. The summed E-state index contributed by atoms with van der Waals surface area (Å²) >= 11 is 5.96. The van der Waals surface area contributed by atoms with E-state index in [1.165, 1.54) is 4.31 Å². The fourth-order valence-electron chi connectivity index (χ4n) is 3.30. The maximum Gasteiger partial charge on any atom is 0.244 e. The van der Waals surface area contributed by atoms with Gasteiger partial charge >= 0.3 is 0 Å². The molecular formula is C20H23ClN2O3S. The van der Waals surface area contributed by atoms with Crippen molar-refractivity contribution in [2.24, 2.45) is 0 Å². The molecule has 2 aromatic carbocycles. The van der Waals surface area contributed by atoms with Crippen LogP contribution in [0.2, 0.25) is 5.02 Å². The van der Waals surface area contributed by atoms with Gasteiger partial charge in [-0.1, -0.05) is 41.4 Å². The van der Waals surface area contributed by atoms with Crippen molar-refractivity contribution in [1.29, 1.82) is 0 Å². The number of amides is 1. The summed E-state index contributed by atoms with van der Waals surface area (Å²) in [5, 5.41) is 0.568. The molecule has 0 aromatic heterocycles. The zero-order chi connectivity index (χ0) is 19.8. The summed E-state index contributed by atoms with van der Waals surface area (Å²) in [5.41, 5.74) is 1.74. The quantitative estimate of drug-likeness (QED) is 0.688. The molecule has 3 atom stereocenters. The summed E-state index contributed by atoms with van der Waals surface area (Å²) < 4.78 is 27.7. The zero-order valence-electron chi connectivity index (χ0n) is 15.6. The first-order chi connectivity index (χ1) is 12.8. The smallest absolute Gasteiger partial charge is 0.244 e. The molecule has 3 unspecified atom stereocenters. The molecule has 3 rings (SSSR count). The molecule has 1 saturated heterocycles. The van der Waals surface area contributed by atoms with Crippen LogP contribution < -0.4 is 0 Å². The van der Waals surface area contributed by atoms with Gasteiger partial charge in [-0.15, -0.1) is 0 Å². The van der Waals surface area contributed by atoms with Gasteiger partial charge < -0.3 is 4.90 Å². The number of benzene rings is 2. The third-order valence-electron chi connectivity index (χ3n) is 4.89. The minimum absolute atomic E-state index is 0.171. The largest absolute Gasteiger partial charge is 0.342 e. The number of aryl methyl sites for hydroxylation is 1. The van der Waals surface area contributed by atoms with Crippen molar-refractivity contribution in [3.63, 3.8) is 0 Å². The van der Waals surface area contributed by atoms with Crippen molar-refractivity contribution < 1.29 is 13.2 Å². The molecule has 27 heavy (non-hydrogen) atoms. The number of nitrogens with zero attached hydrogens (tertiary/aromatic N) is 2. The monoisotopic (exact) mass is 406 g/mol. The summed E-state index contributed by atoms with van der Waals surface area (Å²) in [6.07, 6.45) is 0. The van der Waals surface area contributed by atoms with Gasteiger partial charge in [-0.3, -0.25) is 4.79 Å². The molecule has 0 bridgehead atoms. The van der Waals surface area contributed by atoms with Gasteiger partial charge in [-0.05, 0) is 50.6 Å². The topological polar surface area (TPSA) is 57.5 Å². The van der Waals surface area contributed by atoms with Crippen LogP contribution in [-0.4, -0.2) is 42.7 Å². The molecule has 0 radical (unpaired) electrons. The van der Waals surface area contributed by atoms with Gasteiger partial charge in [-0.2, -0.15) is 4.31 Å². The van der Waals surface area contributed by atoms with Crippen LogP contribution in [0.5, 0.6) is 0 Å². The summed E-state index contributed by atoms with van der Waals surface area (Å²) in [6, 6.07) is 12.4. The Bertz CT molecular complexity index is 923. The molecule has 7 heteroatoms. The lowest BCUT2D eigenvalue weighted by Crippen LogP contribution is -2.36. The van der Waals surface area contributed by atoms with Crippen LogP contribution in [0.25, 0.3) is 0 Å². The molecule has 1 aliphatic rings. The second-order valence-corrected chi connectivity index (χ2v) is 8.88. The first kappa shape index (κ1) is 19.9. The number of rotatable bonds is 6. The third kappa shape index (κ3) is 3.74. The van der Waals surface area contributed by atoms with Crippen molar-refractivity contribution in [1.82, 2.24) is 9.21 Å². The molecular weight excluding hydrogens is 384 g/mol. The normalized spacial score (nSPS) is 21.7. The minimum Gasteiger partial charge on any atom is -0.342 e. The van der Waals surface area contributed by atoms with Crippen LogP contribution >= 0.6 is 11.6 Å². The molecule has 0 N–H and O–H groups in total. The first-order valence-corrected chi connectivity index (χ1v) is 10.8. The number of hydrogen-bond donors (Lipinski definition) is 0. The van der Waals surface area contributed by atoms with E-state index in [2.05, 4.69) is 0 Å². The molecule has 1 fully saturated rings. The van der Waals surface area contributed by atoms with Crippen LogP contribution in [0.1, 0.15) is 31.0 Å². The predicted octanol–water partition coefficient (Wildman–Crippen LogP) is 3.63. The summed E-state index contributed by atoms with van der Waals surface area (Å²) in [5.74, 6) is -0.171. The Balaban J connectivity index is 2.00. The van der Waals surface area contributed by atoms with E-state index in [9.17, 15) is 13.2 Å². The van der Waals surface area contributed by atoms with E-state index in [1.807, 2.05) is 20.8 Å². The van der Waals surface area contributed by atoms with Crippen molar-refractivity contribution in [3.05, 3.63) is 64.7 Å². The highest BCUT2D eigenvalue weighted by atomic mass is 35.5. The van der Waals surface area contributed by atoms with Crippen molar-refractivity contribution >= 4 is 27.5 Å². The predicted molar refractivity (Wildman–Crippen MR) is 106 cm³/mol.